The zero-order valence-corrected chi connectivity index (χ0v) is 35.8. The third-order valence-electron chi connectivity index (χ3n) is 14.1. The van der Waals surface area contributed by atoms with Crippen LogP contribution in [0.4, 0.5) is 17.1 Å². The van der Waals surface area contributed by atoms with Crippen molar-refractivity contribution in [2.24, 2.45) is 0 Å². The number of hydrogen-bond donors (Lipinski definition) is 0. The number of furan rings is 2. The Bertz CT molecular complexity index is 4030. The maximum absolute atomic E-state index is 6.90. The molecule has 66 heavy (non-hydrogen) atoms. The molecule has 11 aromatic carbocycles. The van der Waals surface area contributed by atoms with Crippen LogP contribution in [0.2, 0.25) is 0 Å². The van der Waals surface area contributed by atoms with Crippen LogP contribution >= 0.6 is 0 Å². The second-order valence-electron chi connectivity index (χ2n) is 17.5. The van der Waals surface area contributed by atoms with Crippen LogP contribution in [0.5, 0.6) is 0 Å². The lowest BCUT2D eigenvalue weighted by molar-refractivity contribution is 0.669. The number of para-hydroxylation sites is 1. The monoisotopic (exact) mass is 841 g/mol. The molecule has 0 aliphatic heterocycles. The SMILES string of the molecule is c1ccc(C2(c3ccccc3)c3ccccc3-c3ccc(N(c4ccccc4-c4cccc5oc6cc7ccccc7cc6c45)c4cccc5oc6c7ccccc7ccc6c45)cc32)cc1. The van der Waals surface area contributed by atoms with Crippen molar-refractivity contribution in [1.29, 1.82) is 0 Å². The van der Waals surface area contributed by atoms with Gasteiger partial charge in [-0.2, -0.15) is 0 Å². The third-order valence-corrected chi connectivity index (χ3v) is 14.1. The van der Waals surface area contributed by atoms with Crippen molar-refractivity contribution in [2.45, 2.75) is 5.41 Å². The van der Waals surface area contributed by atoms with Gasteiger partial charge in [-0.25, -0.2) is 0 Å². The van der Waals surface area contributed by atoms with Crippen LogP contribution in [0.25, 0.3) is 87.7 Å². The molecule has 0 bridgehead atoms. The van der Waals surface area contributed by atoms with Gasteiger partial charge in [0.1, 0.15) is 22.3 Å². The average molecular weight is 842 g/mol. The Labute approximate surface area is 381 Å². The quantitative estimate of drug-likeness (QED) is 0.167. The van der Waals surface area contributed by atoms with Gasteiger partial charge in [0.25, 0.3) is 0 Å². The first-order valence-electron chi connectivity index (χ1n) is 22.7. The Balaban J connectivity index is 1.09. The van der Waals surface area contributed by atoms with Gasteiger partial charge in [-0.1, -0.05) is 182 Å². The third kappa shape index (κ3) is 5.20. The summed E-state index contributed by atoms with van der Waals surface area (Å²) in [5, 5.41) is 8.93. The highest BCUT2D eigenvalue weighted by Gasteiger charge is 2.46. The molecule has 2 aromatic heterocycles. The minimum Gasteiger partial charge on any atom is -0.456 e. The van der Waals surface area contributed by atoms with Crippen molar-refractivity contribution in [3.8, 4) is 22.3 Å². The molecular weight excluding hydrogens is 803 g/mol. The molecule has 0 saturated heterocycles. The van der Waals surface area contributed by atoms with E-state index < -0.39 is 5.41 Å². The van der Waals surface area contributed by atoms with Crippen LogP contribution in [-0.4, -0.2) is 0 Å². The van der Waals surface area contributed by atoms with Crippen LogP contribution < -0.4 is 4.90 Å². The molecule has 0 N–H and O–H groups in total. The highest BCUT2D eigenvalue weighted by Crippen LogP contribution is 2.58. The topological polar surface area (TPSA) is 29.5 Å². The van der Waals surface area contributed by atoms with Crippen LogP contribution in [-0.2, 0) is 5.41 Å². The zero-order chi connectivity index (χ0) is 43.3. The summed E-state index contributed by atoms with van der Waals surface area (Å²) in [5.74, 6) is 0. The number of anilines is 3. The smallest absolute Gasteiger partial charge is 0.143 e. The molecule has 2 heterocycles. The summed E-state index contributed by atoms with van der Waals surface area (Å²) in [6.07, 6.45) is 0. The normalized spacial score (nSPS) is 13.0. The molecule has 0 amide bonds. The molecule has 0 fully saturated rings. The Morgan fingerprint density at radius 2 is 0.924 bits per heavy atom. The maximum atomic E-state index is 6.90. The summed E-state index contributed by atoms with van der Waals surface area (Å²) >= 11 is 0. The fourth-order valence-electron chi connectivity index (χ4n) is 11.3. The number of fused-ring (bicyclic) bond motifs is 12. The lowest BCUT2D eigenvalue weighted by atomic mass is 9.67. The molecule has 13 aromatic rings. The predicted octanol–water partition coefficient (Wildman–Crippen LogP) is 17.3. The highest BCUT2D eigenvalue weighted by molar-refractivity contribution is 6.21. The van der Waals surface area contributed by atoms with E-state index in [0.717, 1.165) is 88.2 Å². The summed E-state index contributed by atoms with van der Waals surface area (Å²) in [6.45, 7) is 0. The molecule has 3 nitrogen and oxygen atoms in total. The molecule has 14 rings (SSSR count). The lowest BCUT2D eigenvalue weighted by Crippen LogP contribution is -2.28. The van der Waals surface area contributed by atoms with E-state index in [2.05, 4.69) is 241 Å². The Kier molecular flexibility index (Phi) is 7.90. The van der Waals surface area contributed by atoms with Crippen molar-refractivity contribution < 1.29 is 8.83 Å². The van der Waals surface area contributed by atoms with Crippen LogP contribution in [0.1, 0.15) is 22.3 Å². The van der Waals surface area contributed by atoms with Gasteiger partial charge in [-0.05, 0) is 110 Å². The first kappa shape index (κ1) is 36.8. The van der Waals surface area contributed by atoms with Gasteiger partial charge in [-0.3, -0.25) is 0 Å². The molecular formula is C63H39NO2. The standard InChI is InChI=1S/C63H39NO2/c1-3-20-43(21-4-1)63(44-22-5-2-6-23-44)53-28-13-11-25-47(53)48-36-34-45(39-54(48)63)64(56-30-16-32-58-61(56)51-35-33-40-17-9-10-24-46(40)62(51)66-58)55-29-14-12-26-49(55)50-27-15-31-57-60(50)52-37-41-18-7-8-19-42(41)38-59(52)65-57/h1-39H. The van der Waals surface area contributed by atoms with Crippen LogP contribution in [0.3, 0.4) is 0 Å². The van der Waals surface area contributed by atoms with Crippen molar-refractivity contribution >= 4 is 82.5 Å². The molecule has 0 spiro atoms. The summed E-state index contributed by atoms with van der Waals surface area (Å²) in [7, 11) is 0. The molecule has 3 heteroatoms. The zero-order valence-electron chi connectivity index (χ0n) is 35.8. The van der Waals surface area contributed by atoms with Gasteiger partial charge in [0.15, 0.2) is 0 Å². The Hall–Kier alpha value is -8.66. The van der Waals surface area contributed by atoms with Crippen LogP contribution in [0.15, 0.2) is 245 Å². The number of hydrogen-bond acceptors (Lipinski definition) is 3. The highest BCUT2D eigenvalue weighted by atomic mass is 16.3. The molecule has 0 radical (unpaired) electrons. The second kappa shape index (κ2) is 14.2. The lowest BCUT2D eigenvalue weighted by Gasteiger charge is -2.35. The fraction of sp³-hybridized carbons (Fsp3) is 0.0159. The second-order valence-corrected chi connectivity index (χ2v) is 17.5. The van der Waals surface area contributed by atoms with Crippen molar-refractivity contribution in [1.82, 2.24) is 0 Å². The predicted molar refractivity (Wildman–Crippen MR) is 273 cm³/mol. The van der Waals surface area contributed by atoms with E-state index in [1.165, 1.54) is 38.8 Å². The molecule has 0 saturated carbocycles. The van der Waals surface area contributed by atoms with Gasteiger partial charge >= 0.3 is 0 Å². The summed E-state index contributed by atoms with van der Waals surface area (Å²) in [6, 6.07) is 85.9. The molecule has 1 aliphatic carbocycles. The maximum Gasteiger partial charge on any atom is 0.143 e. The largest absolute Gasteiger partial charge is 0.456 e. The van der Waals surface area contributed by atoms with Crippen molar-refractivity contribution in [3.63, 3.8) is 0 Å². The van der Waals surface area contributed by atoms with Crippen molar-refractivity contribution in [3.05, 3.63) is 259 Å². The summed E-state index contributed by atoms with van der Waals surface area (Å²) in [4.78, 5) is 2.47. The minimum atomic E-state index is -0.576. The van der Waals surface area contributed by atoms with Gasteiger partial charge in [0, 0.05) is 32.8 Å². The first-order chi connectivity index (χ1) is 32.7. The van der Waals surface area contributed by atoms with Gasteiger partial charge in [-0.15, -0.1) is 0 Å². The molecule has 308 valence electrons. The van der Waals surface area contributed by atoms with E-state index in [1.807, 2.05) is 0 Å². The van der Waals surface area contributed by atoms with E-state index in [0.29, 0.717) is 0 Å². The summed E-state index contributed by atoms with van der Waals surface area (Å²) in [5.41, 5.74) is 15.7. The van der Waals surface area contributed by atoms with Gasteiger partial charge in [0.2, 0.25) is 0 Å². The summed E-state index contributed by atoms with van der Waals surface area (Å²) < 4.78 is 13.6. The van der Waals surface area contributed by atoms with Crippen molar-refractivity contribution in [2.75, 3.05) is 4.90 Å². The molecule has 1 aliphatic rings. The van der Waals surface area contributed by atoms with Gasteiger partial charge in [0.05, 0.1) is 22.2 Å². The van der Waals surface area contributed by atoms with E-state index in [-0.39, 0.29) is 0 Å². The number of nitrogens with zero attached hydrogens (tertiary/aromatic N) is 1. The molecule has 0 unspecified atom stereocenters. The Morgan fingerprint density at radius 3 is 1.73 bits per heavy atom. The van der Waals surface area contributed by atoms with E-state index in [4.69, 9.17) is 8.83 Å². The fourth-order valence-corrected chi connectivity index (χ4v) is 11.3. The van der Waals surface area contributed by atoms with E-state index in [9.17, 15) is 0 Å². The minimum absolute atomic E-state index is 0.576. The first-order valence-corrected chi connectivity index (χ1v) is 22.7. The van der Waals surface area contributed by atoms with E-state index >= 15 is 0 Å². The average Bonchev–Trinajstić information content (AvgIpc) is 4.05. The Morgan fingerprint density at radius 1 is 0.318 bits per heavy atom. The number of rotatable bonds is 6. The van der Waals surface area contributed by atoms with E-state index in [1.54, 1.807) is 0 Å². The molecule has 0 atom stereocenters. The van der Waals surface area contributed by atoms with Gasteiger partial charge < -0.3 is 13.7 Å². The number of benzene rings is 11. The van der Waals surface area contributed by atoms with Crippen LogP contribution in [0, 0.1) is 0 Å².